The molecule has 1 aromatic carbocycles. The number of rotatable bonds is 6. The van der Waals surface area contributed by atoms with Crippen molar-refractivity contribution in [3.05, 3.63) is 48.0 Å². The van der Waals surface area contributed by atoms with Crippen molar-refractivity contribution in [2.24, 2.45) is 11.3 Å². The van der Waals surface area contributed by atoms with Crippen molar-refractivity contribution in [2.45, 2.75) is 25.7 Å². The molecule has 0 spiro atoms. The minimum atomic E-state index is -1.42. The average Bonchev–Trinajstić information content (AvgIpc) is 3.44. The Balaban J connectivity index is 2.23. The molecule has 1 aliphatic rings. The molecule has 2 rings (SSSR count). The second kappa shape index (κ2) is 8.35. The molecule has 4 nitrogen and oxygen atoms in total. The highest BCUT2D eigenvalue weighted by molar-refractivity contribution is 6.00. The van der Waals surface area contributed by atoms with Crippen molar-refractivity contribution in [2.75, 3.05) is 14.2 Å². The lowest BCUT2D eigenvalue weighted by Crippen LogP contribution is -2.40. The van der Waals surface area contributed by atoms with Crippen LogP contribution in [0.1, 0.15) is 31.2 Å². The normalized spacial score (nSPS) is 13.9. The van der Waals surface area contributed by atoms with E-state index in [0.29, 0.717) is 5.92 Å². The van der Waals surface area contributed by atoms with Crippen molar-refractivity contribution < 1.29 is 19.1 Å². The second-order valence-corrected chi connectivity index (χ2v) is 5.88. The lowest BCUT2D eigenvalue weighted by atomic mass is 9.81. The van der Waals surface area contributed by atoms with Gasteiger partial charge in [-0.05, 0) is 37.3 Å². The Hall–Kier alpha value is -2.54. The summed E-state index contributed by atoms with van der Waals surface area (Å²) in [4.78, 5) is 24.7. The summed E-state index contributed by atoms with van der Waals surface area (Å²) in [5.74, 6) is 5.26. The van der Waals surface area contributed by atoms with E-state index in [9.17, 15) is 9.59 Å². The highest BCUT2D eigenvalue weighted by atomic mass is 16.5. The molecule has 0 N–H and O–H groups in total. The number of carbonyl (C=O) groups excluding carboxylic acids is 2. The van der Waals surface area contributed by atoms with Gasteiger partial charge in [0.15, 0.2) is 5.41 Å². The van der Waals surface area contributed by atoms with E-state index in [2.05, 4.69) is 11.8 Å². The Morgan fingerprint density at radius 1 is 1.17 bits per heavy atom. The lowest BCUT2D eigenvalue weighted by molar-refractivity contribution is -0.168. The number of methoxy groups -OCH3 is 2. The van der Waals surface area contributed by atoms with Crippen LogP contribution in [0.3, 0.4) is 0 Å². The SMILES string of the molecule is COC(=O)C(CC#Cc1ccccc1)(C/C=C/C1CC1)C(=O)OC. The first-order valence-electron chi connectivity index (χ1n) is 8.00. The molecule has 0 radical (unpaired) electrons. The van der Waals surface area contributed by atoms with Gasteiger partial charge in [-0.2, -0.15) is 0 Å². The quantitative estimate of drug-likeness (QED) is 0.349. The Morgan fingerprint density at radius 3 is 2.33 bits per heavy atom. The molecule has 126 valence electrons. The van der Waals surface area contributed by atoms with Crippen LogP contribution in [-0.4, -0.2) is 26.2 Å². The first-order chi connectivity index (χ1) is 11.6. The van der Waals surface area contributed by atoms with E-state index in [1.165, 1.54) is 14.2 Å². The molecule has 0 amide bonds. The monoisotopic (exact) mass is 326 g/mol. The number of hydrogen-bond acceptors (Lipinski definition) is 4. The summed E-state index contributed by atoms with van der Waals surface area (Å²) >= 11 is 0. The zero-order chi connectivity index (χ0) is 17.4. The molecule has 0 atom stereocenters. The van der Waals surface area contributed by atoms with Gasteiger partial charge in [0, 0.05) is 12.0 Å². The molecule has 24 heavy (non-hydrogen) atoms. The standard InChI is InChI=1S/C20H22O4/c1-23-18(21)20(19(22)24-2,15-7-11-17-12-13-17)14-6-10-16-8-4-3-5-9-16/h3-5,7-9,11,17H,12-15H2,1-2H3/b11-7+. The van der Waals surface area contributed by atoms with Gasteiger partial charge in [-0.25, -0.2) is 0 Å². The minimum absolute atomic E-state index is 0.0518. The van der Waals surface area contributed by atoms with E-state index >= 15 is 0 Å². The fourth-order valence-electron chi connectivity index (χ4n) is 2.43. The van der Waals surface area contributed by atoms with E-state index in [0.717, 1.165) is 18.4 Å². The molecule has 4 heteroatoms. The van der Waals surface area contributed by atoms with Gasteiger partial charge in [0.25, 0.3) is 0 Å². The van der Waals surface area contributed by atoms with E-state index < -0.39 is 17.4 Å². The molecular formula is C20H22O4. The van der Waals surface area contributed by atoms with Crippen LogP contribution >= 0.6 is 0 Å². The van der Waals surface area contributed by atoms with Gasteiger partial charge in [-0.1, -0.05) is 42.2 Å². The van der Waals surface area contributed by atoms with Crippen LogP contribution < -0.4 is 0 Å². The molecule has 0 bridgehead atoms. The predicted octanol–water partition coefficient (Wildman–Crippen LogP) is 3.12. The van der Waals surface area contributed by atoms with Crippen molar-refractivity contribution in [3.63, 3.8) is 0 Å². The minimum Gasteiger partial charge on any atom is -0.468 e. The van der Waals surface area contributed by atoms with Crippen LogP contribution in [0.5, 0.6) is 0 Å². The molecule has 1 aromatic rings. The molecule has 0 unspecified atom stereocenters. The Bertz CT molecular complexity index is 644. The maximum Gasteiger partial charge on any atom is 0.324 e. The molecule has 1 fully saturated rings. The summed E-state index contributed by atoms with van der Waals surface area (Å²) in [7, 11) is 2.55. The van der Waals surface area contributed by atoms with Crippen molar-refractivity contribution in [1.29, 1.82) is 0 Å². The van der Waals surface area contributed by atoms with Gasteiger partial charge in [-0.15, -0.1) is 0 Å². The maximum atomic E-state index is 12.3. The largest absolute Gasteiger partial charge is 0.468 e. The van der Waals surface area contributed by atoms with Crippen molar-refractivity contribution in [3.8, 4) is 11.8 Å². The third kappa shape index (κ3) is 4.48. The second-order valence-electron chi connectivity index (χ2n) is 5.88. The summed E-state index contributed by atoms with van der Waals surface area (Å²) < 4.78 is 9.75. The fourth-order valence-corrected chi connectivity index (χ4v) is 2.43. The van der Waals surface area contributed by atoms with Gasteiger partial charge in [-0.3, -0.25) is 9.59 Å². The summed E-state index contributed by atoms with van der Waals surface area (Å²) in [5, 5.41) is 0. The highest BCUT2D eigenvalue weighted by Crippen LogP contribution is 2.34. The summed E-state index contributed by atoms with van der Waals surface area (Å²) in [6.45, 7) is 0. The van der Waals surface area contributed by atoms with Gasteiger partial charge in [0.2, 0.25) is 0 Å². The number of ether oxygens (including phenoxy) is 2. The number of hydrogen-bond donors (Lipinski definition) is 0. The topological polar surface area (TPSA) is 52.6 Å². The lowest BCUT2D eigenvalue weighted by Gasteiger charge is -2.24. The third-order valence-electron chi connectivity index (χ3n) is 4.05. The van der Waals surface area contributed by atoms with Crippen LogP contribution in [0.25, 0.3) is 0 Å². The molecule has 0 heterocycles. The van der Waals surface area contributed by atoms with Gasteiger partial charge in [0.1, 0.15) is 0 Å². The zero-order valence-corrected chi connectivity index (χ0v) is 14.1. The summed E-state index contributed by atoms with van der Waals surface area (Å²) in [6.07, 6.45) is 6.52. The average molecular weight is 326 g/mol. The number of esters is 2. The predicted molar refractivity (Wildman–Crippen MR) is 90.9 cm³/mol. The highest BCUT2D eigenvalue weighted by Gasteiger charge is 2.47. The maximum absolute atomic E-state index is 12.3. The molecular weight excluding hydrogens is 304 g/mol. The fraction of sp³-hybridized carbons (Fsp3) is 0.400. The van der Waals surface area contributed by atoms with Crippen LogP contribution in [0.2, 0.25) is 0 Å². The van der Waals surface area contributed by atoms with Crippen LogP contribution in [-0.2, 0) is 19.1 Å². The smallest absolute Gasteiger partial charge is 0.324 e. The first-order valence-corrected chi connectivity index (χ1v) is 8.00. The van der Waals surface area contributed by atoms with Crippen molar-refractivity contribution in [1.82, 2.24) is 0 Å². The molecule has 0 aliphatic heterocycles. The van der Waals surface area contributed by atoms with Gasteiger partial charge < -0.3 is 9.47 Å². The summed E-state index contributed by atoms with van der Waals surface area (Å²) in [5.41, 5.74) is -0.592. The van der Waals surface area contributed by atoms with E-state index in [-0.39, 0.29) is 12.8 Å². The number of carbonyl (C=O) groups is 2. The third-order valence-corrected chi connectivity index (χ3v) is 4.05. The van der Waals surface area contributed by atoms with Crippen LogP contribution in [0.4, 0.5) is 0 Å². The number of benzene rings is 1. The van der Waals surface area contributed by atoms with Crippen LogP contribution in [0, 0.1) is 23.2 Å². The molecule has 0 aromatic heterocycles. The Labute approximate surface area is 142 Å². The van der Waals surface area contributed by atoms with E-state index in [4.69, 9.17) is 9.47 Å². The van der Waals surface area contributed by atoms with Gasteiger partial charge >= 0.3 is 11.9 Å². The molecule has 1 saturated carbocycles. The van der Waals surface area contributed by atoms with E-state index in [1.54, 1.807) is 0 Å². The Kier molecular flexibility index (Phi) is 6.20. The summed E-state index contributed by atoms with van der Waals surface area (Å²) in [6, 6.07) is 9.42. The molecule has 0 saturated heterocycles. The Morgan fingerprint density at radius 2 is 1.79 bits per heavy atom. The van der Waals surface area contributed by atoms with Crippen LogP contribution in [0.15, 0.2) is 42.5 Å². The first kappa shape index (κ1) is 17.8. The number of allylic oxidation sites excluding steroid dienone is 2. The van der Waals surface area contributed by atoms with E-state index in [1.807, 2.05) is 42.5 Å². The van der Waals surface area contributed by atoms with Crippen molar-refractivity contribution >= 4 is 11.9 Å². The zero-order valence-electron chi connectivity index (χ0n) is 14.1. The molecule has 1 aliphatic carbocycles. The van der Waals surface area contributed by atoms with Gasteiger partial charge in [0.05, 0.1) is 14.2 Å².